The molecule has 1 atom stereocenters. The molecule has 0 saturated carbocycles. The van der Waals surface area contributed by atoms with Crippen LogP contribution in [-0.4, -0.2) is 58.6 Å². The maximum atomic E-state index is 12.2. The van der Waals surface area contributed by atoms with Crippen LogP contribution in [-0.2, 0) is 0 Å². The number of rotatable bonds is 4. The lowest BCUT2D eigenvalue weighted by molar-refractivity contribution is 0.0831. The summed E-state index contributed by atoms with van der Waals surface area (Å²) in [6.07, 6.45) is 2.81. The first-order valence-corrected chi connectivity index (χ1v) is 8.14. The fourth-order valence-electron chi connectivity index (χ4n) is 2.80. The molecule has 3 rings (SSSR count). The SMILES string of the molecule is O=C(Nc1ccncc1)N1CCN(C[C@H](O)c2ccccc2)CC1. The van der Waals surface area contributed by atoms with Gasteiger partial charge in [0, 0.05) is 50.8 Å². The molecule has 0 bridgehead atoms. The molecule has 0 unspecified atom stereocenters. The lowest BCUT2D eigenvalue weighted by Gasteiger charge is -2.35. The van der Waals surface area contributed by atoms with E-state index < -0.39 is 6.10 Å². The maximum Gasteiger partial charge on any atom is 0.321 e. The highest BCUT2D eigenvalue weighted by molar-refractivity contribution is 5.89. The number of pyridine rings is 1. The van der Waals surface area contributed by atoms with Gasteiger partial charge in [0.1, 0.15) is 0 Å². The third-order valence-corrected chi connectivity index (χ3v) is 4.21. The summed E-state index contributed by atoms with van der Waals surface area (Å²) in [5.41, 5.74) is 1.67. The van der Waals surface area contributed by atoms with Gasteiger partial charge in [-0.15, -0.1) is 0 Å². The largest absolute Gasteiger partial charge is 0.387 e. The number of benzene rings is 1. The Morgan fingerprint density at radius 1 is 1.08 bits per heavy atom. The Morgan fingerprint density at radius 2 is 1.75 bits per heavy atom. The Balaban J connectivity index is 1.46. The van der Waals surface area contributed by atoms with Crippen molar-refractivity contribution >= 4 is 11.7 Å². The van der Waals surface area contributed by atoms with Gasteiger partial charge in [0.25, 0.3) is 0 Å². The average Bonchev–Trinajstić information content (AvgIpc) is 2.64. The number of β-amino-alcohol motifs (C(OH)–C–C–N with tert-alkyl or cyclic N) is 1. The standard InChI is InChI=1S/C18H22N4O2/c23-17(15-4-2-1-3-5-15)14-21-10-12-22(13-11-21)18(24)20-16-6-8-19-9-7-16/h1-9,17,23H,10-14H2,(H,19,20,24)/t17-/m0/s1. The lowest BCUT2D eigenvalue weighted by atomic mass is 10.1. The number of hydrogen-bond donors (Lipinski definition) is 2. The van der Waals surface area contributed by atoms with Crippen LogP contribution in [0, 0.1) is 0 Å². The predicted octanol–water partition coefficient (Wildman–Crippen LogP) is 1.96. The fourth-order valence-corrected chi connectivity index (χ4v) is 2.80. The Morgan fingerprint density at radius 3 is 2.42 bits per heavy atom. The molecule has 0 aliphatic carbocycles. The maximum absolute atomic E-state index is 12.2. The Hall–Kier alpha value is -2.44. The molecule has 0 radical (unpaired) electrons. The van der Waals surface area contributed by atoms with Crippen molar-refractivity contribution in [3.63, 3.8) is 0 Å². The summed E-state index contributed by atoms with van der Waals surface area (Å²) in [6.45, 7) is 3.40. The van der Waals surface area contributed by atoms with E-state index in [1.165, 1.54) is 0 Å². The van der Waals surface area contributed by atoms with E-state index in [-0.39, 0.29) is 6.03 Å². The molecule has 126 valence electrons. The molecule has 1 aromatic heterocycles. The molecule has 2 amide bonds. The van der Waals surface area contributed by atoms with Crippen LogP contribution in [0.15, 0.2) is 54.9 Å². The number of hydrogen-bond acceptors (Lipinski definition) is 4. The van der Waals surface area contributed by atoms with E-state index in [0.717, 1.165) is 24.3 Å². The van der Waals surface area contributed by atoms with Crippen LogP contribution in [0.3, 0.4) is 0 Å². The first-order chi connectivity index (χ1) is 11.7. The fraction of sp³-hybridized carbons (Fsp3) is 0.333. The van der Waals surface area contributed by atoms with E-state index >= 15 is 0 Å². The van der Waals surface area contributed by atoms with Crippen LogP contribution >= 0.6 is 0 Å². The highest BCUT2D eigenvalue weighted by Gasteiger charge is 2.22. The zero-order chi connectivity index (χ0) is 16.8. The van der Waals surface area contributed by atoms with Crippen LogP contribution in [0.5, 0.6) is 0 Å². The molecule has 2 aromatic rings. The van der Waals surface area contributed by atoms with Crippen LogP contribution in [0.2, 0.25) is 0 Å². The van der Waals surface area contributed by atoms with Crippen molar-refractivity contribution < 1.29 is 9.90 Å². The number of anilines is 1. The molecular formula is C18H22N4O2. The molecule has 24 heavy (non-hydrogen) atoms. The molecule has 6 heteroatoms. The van der Waals surface area contributed by atoms with Crippen LogP contribution < -0.4 is 5.32 Å². The van der Waals surface area contributed by atoms with E-state index in [0.29, 0.717) is 19.6 Å². The summed E-state index contributed by atoms with van der Waals surface area (Å²) in [4.78, 5) is 20.2. The van der Waals surface area contributed by atoms with Gasteiger partial charge in [0.05, 0.1) is 6.10 Å². The van der Waals surface area contributed by atoms with E-state index in [2.05, 4.69) is 15.2 Å². The number of piperazine rings is 1. The lowest BCUT2D eigenvalue weighted by Crippen LogP contribution is -2.50. The number of aromatic nitrogens is 1. The molecule has 2 heterocycles. The molecule has 1 fully saturated rings. The van der Waals surface area contributed by atoms with E-state index in [1.54, 1.807) is 29.4 Å². The van der Waals surface area contributed by atoms with Crippen molar-refractivity contribution in [3.05, 3.63) is 60.4 Å². The highest BCUT2D eigenvalue weighted by Crippen LogP contribution is 2.15. The van der Waals surface area contributed by atoms with Gasteiger partial charge in [0.2, 0.25) is 0 Å². The Bertz CT molecular complexity index is 643. The van der Waals surface area contributed by atoms with E-state index in [1.807, 2.05) is 30.3 Å². The van der Waals surface area contributed by atoms with E-state index in [9.17, 15) is 9.90 Å². The summed E-state index contributed by atoms with van der Waals surface area (Å²) in [6, 6.07) is 13.1. The minimum absolute atomic E-state index is 0.0931. The van der Waals surface area contributed by atoms with Gasteiger partial charge in [0.15, 0.2) is 0 Å². The monoisotopic (exact) mass is 326 g/mol. The molecule has 6 nitrogen and oxygen atoms in total. The molecule has 0 spiro atoms. The normalized spacial score (nSPS) is 16.6. The summed E-state index contributed by atoms with van der Waals surface area (Å²) < 4.78 is 0. The van der Waals surface area contributed by atoms with Crippen molar-refractivity contribution in [2.75, 3.05) is 38.0 Å². The van der Waals surface area contributed by atoms with Crippen LogP contribution in [0.4, 0.5) is 10.5 Å². The summed E-state index contributed by atoms with van der Waals surface area (Å²) in [5, 5.41) is 13.2. The molecule has 1 aliphatic heterocycles. The predicted molar refractivity (Wildman–Crippen MR) is 92.7 cm³/mol. The second kappa shape index (κ2) is 7.90. The van der Waals surface area contributed by atoms with Gasteiger partial charge in [-0.3, -0.25) is 9.88 Å². The quantitative estimate of drug-likeness (QED) is 0.901. The van der Waals surface area contributed by atoms with Gasteiger partial charge >= 0.3 is 6.03 Å². The number of amides is 2. The zero-order valence-corrected chi connectivity index (χ0v) is 13.5. The van der Waals surface area contributed by atoms with Crippen molar-refractivity contribution in [2.24, 2.45) is 0 Å². The smallest absolute Gasteiger partial charge is 0.321 e. The van der Waals surface area contributed by atoms with Crippen molar-refractivity contribution in [3.8, 4) is 0 Å². The van der Waals surface area contributed by atoms with Gasteiger partial charge < -0.3 is 15.3 Å². The number of carbonyl (C=O) groups is 1. The Kier molecular flexibility index (Phi) is 5.40. The number of nitrogens with zero attached hydrogens (tertiary/aromatic N) is 3. The number of carbonyl (C=O) groups excluding carboxylic acids is 1. The van der Waals surface area contributed by atoms with Crippen molar-refractivity contribution in [1.82, 2.24) is 14.8 Å². The van der Waals surface area contributed by atoms with E-state index in [4.69, 9.17) is 0 Å². The third-order valence-electron chi connectivity index (χ3n) is 4.21. The minimum atomic E-state index is -0.497. The number of aliphatic hydroxyl groups excluding tert-OH is 1. The first kappa shape index (κ1) is 16.4. The highest BCUT2D eigenvalue weighted by atomic mass is 16.3. The van der Waals surface area contributed by atoms with Gasteiger partial charge in [-0.2, -0.15) is 0 Å². The average molecular weight is 326 g/mol. The van der Waals surface area contributed by atoms with Crippen molar-refractivity contribution in [2.45, 2.75) is 6.10 Å². The van der Waals surface area contributed by atoms with Gasteiger partial charge in [-0.1, -0.05) is 30.3 Å². The van der Waals surface area contributed by atoms with Gasteiger partial charge in [-0.05, 0) is 17.7 Å². The molecular weight excluding hydrogens is 304 g/mol. The Labute approximate surface area is 141 Å². The summed E-state index contributed by atoms with van der Waals surface area (Å²) >= 11 is 0. The van der Waals surface area contributed by atoms with Crippen molar-refractivity contribution in [1.29, 1.82) is 0 Å². The minimum Gasteiger partial charge on any atom is -0.387 e. The summed E-state index contributed by atoms with van der Waals surface area (Å²) in [5.74, 6) is 0. The third kappa shape index (κ3) is 4.31. The molecule has 1 saturated heterocycles. The molecule has 1 aliphatic rings. The second-order valence-electron chi connectivity index (χ2n) is 5.88. The van der Waals surface area contributed by atoms with Gasteiger partial charge in [-0.25, -0.2) is 4.79 Å². The first-order valence-electron chi connectivity index (χ1n) is 8.14. The number of aliphatic hydroxyl groups is 1. The molecule has 1 aromatic carbocycles. The summed E-state index contributed by atoms with van der Waals surface area (Å²) in [7, 11) is 0. The zero-order valence-electron chi connectivity index (χ0n) is 13.5. The number of nitrogens with one attached hydrogen (secondary N) is 1. The van der Waals surface area contributed by atoms with Crippen LogP contribution in [0.1, 0.15) is 11.7 Å². The number of urea groups is 1. The second-order valence-corrected chi connectivity index (χ2v) is 5.88. The topological polar surface area (TPSA) is 68.7 Å². The molecule has 2 N–H and O–H groups in total. The van der Waals surface area contributed by atoms with Crippen LogP contribution in [0.25, 0.3) is 0 Å².